The minimum atomic E-state index is -0.217. The fraction of sp³-hybridized carbons (Fsp3) is 0.778. The summed E-state index contributed by atoms with van der Waals surface area (Å²) in [6, 6.07) is 0. The predicted octanol–water partition coefficient (Wildman–Crippen LogP) is 1.37. The zero-order chi connectivity index (χ0) is 16.2. The van der Waals surface area contributed by atoms with E-state index in [4.69, 9.17) is 4.74 Å². The van der Waals surface area contributed by atoms with E-state index < -0.39 is 0 Å². The maximum absolute atomic E-state index is 11.8. The van der Waals surface area contributed by atoms with E-state index in [1.54, 1.807) is 0 Å². The van der Waals surface area contributed by atoms with E-state index in [0.29, 0.717) is 6.42 Å². The first kappa shape index (κ1) is 22.0. The van der Waals surface area contributed by atoms with Crippen molar-refractivity contribution in [2.24, 2.45) is 7.05 Å². The van der Waals surface area contributed by atoms with Gasteiger partial charge >= 0.3 is 5.97 Å². The fourth-order valence-corrected chi connectivity index (χ4v) is 2.71. The second-order valence-corrected chi connectivity index (χ2v) is 6.17. The van der Waals surface area contributed by atoms with E-state index >= 15 is 0 Å². The molecular formula is C18H33ClN2O2. The Hall–Kier alpha value is -1.03. The van der Waals surface area contributed by atoms with Gasteiger partial charge in [-0.1, -0.05) is 58.3 Å². The number of imidazole rings is 1. The third kappa shape index (κ3) is 9.65. The van der Waals surface area contributed by atoms with E-state index in [9.17, 15) is 4.79 Å². The Bertz CT molecular complexity index is 421. The maximum atomic E-state index is 11.8. The average Bonchev–Trinajstić information content (AvgIpc) is 2.91. The van der Waals surface area contributed by atoms with Crippen molar-refractivity contribution in [3.63, 3.8) is 0 Å². The lowest BCUT2D eigenvalue weighted by molar-refractivity contribution is -0.681. The van der Waals surface area contributed by atoms with E-state index in [1.165, 1.54) is 44.9 Å². The van der Waals surface area contributed by atoms with Crippen LogP contribution in [0.2, 0.25) is 0 Å². The highest BCUT2D eigenvalue weighted by Crippen LogP contribution is 2.14. The molecule has 4 nitrogen and oxygen atoms in total. The number of hydrogen-bond acceptors (Lipinski definition) is 2. The van der Waals surface area contributed by atoms with Gasteiger partial charge in [0.15, 0.2) is 6.10 Å². The Kier molecular flexibility index (Phi) is 12.8. The molecule has 0 fully saturated rings. The van der Waals surface area contributed by atoms with Crippen molar-refractivity contribution in [2.75, 3.05) is 0 Å². The highest BCUT2D eigenvalue weighted by Gasteiger charge is 2.20. The highest BCUT2D eigenvalue weighted by molar-refractivity contribution is 5.69. The Morgan fingerprint density at radius 2 is 1.70 bits per heavy atom. The monoisotopic (exact) mass is 344 g/mol. The summed E-state index contributed by atoms with van der Waals surface area (Å²) in [6.45, 7) is 4.15. The first-order valence-corrected chi connectivity index (χ1v) is 8.87. The Labute approximate surface area is 147 Å². The number of rotatable bonds is 12. The number of carbonyl (C=O) groups is 1. The molecule has 1 atom stereocenters. The fourth-order valence-electron chi connectivity index (χ4n) is 2.71. The van der Waals surface area contributed by atoms with Gasteiger partial charge in [-0.05, 0) is 13.3 Å². The summed E-state index contributed by atoms with van der Waals surface area (Å²) in [7, 11) is 1.94. The quantitative estimate of drug-likeness (QED) is 0.353. The van der Waals surface area contributed by atoms with Gasteiger partial charge in [-0.3, -0.25) is 4.79 Å². The molecule has 1 N–H and O–H groups in total. The normalized spacial score (nSPS) is 11.8. The minimum Gasteiger partial charge on any atom is -1.00 e. The summed E-state index contributed by atoms with van der Waals surface area (Å²) < 4.78 is 7.40. The molecule has 0 radical (unpaired) electrons. The van der Waals surface area contributed by atoms with Crippen LogP contribution in [0.3, 0.4) is 0 Å². The largest absolute Gasteiger partial charge is 1.00 e. The van der Waals surface area contributed by atoms with Crippen LogP contribution >= 0.6 is 0 Å². The van der Waals surface area contributed by atoms with Crippen LogP contribution in [0.15, 0.2) is 12.4 Å². The van der Waals surface area contributed by atoms with Crippen molar-refractivity contribution in [1.82, 2.24) is 4.98 Å². The van der Waals surface area contributed by atoms with E-state index in [-0.39, 0.29) is 24.5 Å². The van der Waals surface area contributed by atoms with Crippen LogP contribution in [0.4, 0.5) is 0 Å². The summed E-state index contributed by atoms with van der Waals surface area (Å²) in [5.74, 6) is 0.825. The van der Waals surface area contributed by atoms with Gasteiger partial charge < -0.3 is 17.1 Å². The van der Waals surface area contributed by atoms with Crippen molar-refractivity contribution in [3.05, 3.63) is 18.2 Å². The van der Waals surface area contributed by atoms with Crippen molar-refractivity contribution in [1.29, 1.82) is 0 Å². The van der Waals surface area contributed by atoms with Gasteiger partial charge in [-0.25, -0.2) is 9.55 Å². The van der Waals surface area contributed by atoms with Crippen LogP contribution in [0.25, 0.3) is 0 Å². The molecule has 1 heterocycles. The van der Waals surface area contributed by atoms with Crippen molar-refractivity contribution in [3.8, 4) is 0 Å². The van der Waals surface area contributed by atoms with Crippen LogP contribution in [0.1, 0.15) is 90.0 Å². The summed E-state index contributed by atoms with van der Waals surface area (Å²) in [6.07, 6.45) is 15.4. The molecule has 0 saturated heterocycles. The van der Waals surface area contributed by atoms with Gasteiger partial charge in [0.2, 0.25) is 0 Å². The van der Waals surface area contributed by atoms with Gasteiger partial charge in [0.1, 0.15) is 12.4 Å². The van der Waals surface area contributed by atoms with Gasteiger partial charge in [0, 0.05) is 6.42 Å². The SMILES string of the molecule is CCCCCCCCCCCC(=O)OC(C)c1[nH]cc[n+]1C.[Cl-]. The maximum Gasteiger partial charge on any atom is 0.306 e. The number of halogens is 1. The number of aromatic nitrogens is 2. The van der Waals surface area contributed by atoms with Crippen LogP contribution in [-0.2, 0) is 16.6 Å². The molecule has 0 bridgehead atoms. The summed E-state index contributed by atoms with van der Waals surface area (Å²) in [5, 5.41) is 0. The average molecular weight is 345 g/mol. The van der Waals surface area contributed by atoms with Gasteiger partial charge in [-0.15, -0.1) is 0 Å². The lowest BCUT2D eigenvalue weighted by atomic mass is 10.1. The smallest absolute Gasteiger partial charge is 0.306 e. The summed E-state index contributed by atoms with van der Waals surface area (Å²) >= 11 is 0. The zero-order valence-corrected chi connectivity index (χ0v) is 15.7. The Morgan fingerprint density at radius 1 is 1.13 bits per heavy atom. The molecule has 0 saturated carbocycles. The second kappa shape index (κ2) is 13.4. The predicted molar refractivity (Wildman–Crippen MR) is 88.3 cm³/mol. The molecule has 5 heteroatoms. The molecule has 0 aromatic carbocycles. The minimum absolute atomic E-state index is 0. The number of esters is 1. The zero-order valence-electron chi connectivity index (χ0n) is 14.9. The van der Waals surface area contributed by atoms with Crippen LogP contribution < -0.4 is 17.0 Å². The molecule has 1 aromatic heterocycles. The molecule has 1 unspecified atom stereocenters. The molecule has 134 valence electrons. The number of aryl methyl sites for hydroxylation is 1. The standard InChI is InChI=1S/C18H32N2O2.ClH/c1-4-5-6-7-8-9-10-11-12-13-17(21)22-16(2)18-19-14-15-20(18)3;/h14-16H,4-13H2,1-3H3;1H. The molecule has 1 aromatic rings. The number of nitrogens with one attached hydrogen (secondary N) is 1. The van der Waals surface area contributed by atoms with Crippen molar-refractivity contribution < 1.29 is 26.5 Å². The third-order valence-electron chi connectivity index (χ3n) is 4.09. The summed E-state index contributed by atoms with van der Waals surface area (Å²) in [4.78, 5) is 14.9. The first-order valence-electron chi connectivity index (χ1n) is 8.87. The number of ether oxygens (including phenoxy) is 1. The number of hydrogen-bond donors (Lipinski definition) is 1. The van der Waals surface area contributed by atoms with Crippen LogP contribution in [-0.4, -0.2) is 11.0 Å². The topological polar surface area (TPSA) is 46.0 Å². The molecule has 0 amide bonds. The second-order valence-electron chi connectivity index (χ2n) is 6.17. The molecule has 0 spiro atoms. The highest BCUT2D eigenvalue weighted by atomic mass is 35.5. The van der Waals surface area contributed by atoms with Crippen LogP contribution in [0.5, 0.6) is 0 Å². The van der Waals surface area contributed by atoms with Gasteiger partial charge in [-0.2, -0.15) is 0 Å². The Balaban J connectivity index is 0.00000484. The van der Waals surface area contributed by atoms with Gasteiger partial charge in [0.05, 0.1) is 7.05 Å². The van der Waals surface area contributed by atoms with Crippen LogP contribution in [0, 0.1) is 0 Å². The summed E-state index contributed by atoms with van der Waals surface area (Å²) in [5.41, 5.74) is 0. The molecule has 0 aliphatic rings. The third-order valence-corrected chi connectivity index (χ3v) is 4.09. The lowest BCUT2D eigenvalue weighted by Crippen LogP contribution is -3.00. The first-order chi connectivity index (χ1) is 10.6. The molecule has 23 heavy (non-hydrogen) atoms. The molecule has 0 aliphatic heterocycles. The number of unbranched alkanes of at least 4 members (excludes halogenated alkanes) is 8. The Morgan fingerprint density at radius 3 is 2.22 bits per heavy atom. The molecule has 0 aliphatic carbocycles. The lowest BCUT2D eigenvalue weighted by Gasteiger charge is -2.09. The van der Waals surface area contributed by atoms with E-state index in [2.05, 4.69) is 11.9 Å². The molecular weight excluding hydrogens is 312 g/mol. The number of aromatic amines is 1. The number of nitrogens with zero attached hydrogens (tertiary/aromatic N) is 1. The number of H-pyrrole nitrogens is 1. The molecule has 1 rings (SSSR count). The van der Waals surface area contributed by atoms with E-state index in [1.807, 2.05) is 30.9 Å². The van der Waals surface area contributed by atoms with E-state index in [0.717, 1.165) is 18.7 Å². The van der Waals surface area contributed by atoms with Gasteiger partial charge in [0.25, 0.3) is 5.82 Å². The van der Waals surface area contributed by atoms with Crippen molar-refractivity contribution >= 4 is 5.97 Å². The van der Waals surface area contributed by atoms with Crippen molar-refractivity contribution in [2.45, 2.75) is 84.2 Å². The number of carbonyl (C=O) groups excluding carboxylic acids is 1.